The monoisotopic (exact) mass is 343 g/mol. The van der Waals surface area contributed by atoms with Gasteiger partial charge in [-0.25, -0.2) is 9.59 Å². The molecule has 0 unspecified atom stereocenters. The summed E-state index contributed by atoms with van der Waals surface area (Å²) in [4.78, 5) is 37.0. The molecule has 1 aromatic carbocycles. The summed E-state index contributed by atoms with van der Waals surface area (Å²) in [5.74, 6) is -0.704. The van der Waals surface area contributed by atoms with E-state index in [0.29, 0.717) is 30.0 Å². The zero-order chi connectivity index (χ0) is 17.8. The Hall–Kier alpha value is -3.09. The highest BCUT2D eigenvalue weighted by molar-refractivity contribution is 5.97. The van der Waals surface area contributed by atoms with E-state index in [4.69, 9.17) is 9.15 Å². The molecule has 1 saturated heterocycles. The minimum Gasteiger partial charge on any atom is -0.463 e. The molecule has 0 atom stereocenters. The molecular weight excluding hydrogens is 326 g/mol. The molecule has 0 saturated carbocycles. The lowest BCUT2D eigenvalue weighted by atomic mass is 10.2. The number of hydrogen-bond donors (Lipinski definition) is 0. The van der Waals surface area contributed by atoms with Gasteiger partial charge in [0.15, 0.2) is 0 Å². The van der Waals surface area contributed by atoms with Crippen LogP contribution in [0.5, 0.6) is 0 Å². The van der Waals surface area contributed by atoms with Gasteiger partial charge in [0, 0.05) is 18.7 Å². The molecule has 1 amide bonds. The molecule has 1 aromatic heterocycles. The number of amides is 1. The third-order valence-electron chi connectivity index (χ3n) is 3.86. The number of ether oxygens (including phenoxy) is 2. The molecule has 1 aliphatic rings. The van der Waals surface area contributed by atoms with E-state index in [1.807, 2.05) is 0 Å². The maximum absolute atomic E-state index is 12.2. The molecule has 0 spiro atoms. The Bertz CT molecular complexity index is 809. The molecule has 7 heteroatoms. The average Bonchev–Trinajstić information content (AvgIpc) is 3.28. The molecule has 25 heavy (non-hydrogen) atoms. The van der Waals surface area contributed by atoms with Gasteiger partial charge in [-0.2, -0.15) is 0 Å². The molecule has 0 radical (unpaired) electrons. The van der Waals surface area contributed by atoms with Crippen molar-refractivity contribution in [2.24, 2.45) is 0 Å². The van der Waals surface area contributed by atoms with Gasteiger partial charge in [-0.05, 0) is 36.8 Å². The van der Waals surface area contributed by atoms with E-state index >= 15 is 0 Å². The quantitative estimate of drug-likeness (QED) is 0.776. The summed E-state index contributed by atoms with van der Waals surface area (Å²) >= 11 is 0. The van der Waals surface area contributed by atoms with Crippen molar-refractivity contribution < 1.29 is 28.3 Å². The average molecular weight is 343 g/mol. The van der Waals surface area contributed by atoms with Gasteiger partial charge in [-0.15, -0.1) is 0 Å². The number of carbonyl (C=O) groups is 3. The van der Waals surface area contributed by atoms with Crippen molar-refractivity contribution in [3.63, 3.8) is 0 Å². The van der Waals surface area contributed by atoms with E-state index in [1.54, 1.807) is 35.2 Å². The molecule has 0 aliphatic carbocycles. The molecule has 2 aromatic rings. The predicted octanol–water partition coefficient (Wildman–Crippen LogP) is 2.55. The Kier molecular flexibility index (Phi) is 4.83. The number of rotatable bonds is 5. The van der Waals surface area contributed by atoms with Crippen molar-refractivity contribution in [3.05, 3.63) is 53.5 Å². The minimum atomic E-state index is -0.597. The van der Waals surface area contributed by atoms with E-state index in [9.17, 15) is 14.4 Å². The predicted molar refractivity (Wildman–Crippen MR) is 87.2 cm³/mol. The van der Waals surface area contributed by atoms with Crippen LogP contribution in [0.1, 0.15) is 39.5 Å². The molecule has 0 N–H and O–H groups in total. The summed E-state index contributed by atoms with van der Waals surface area (Å²) in [6, 6.07) is 9.74. The van der Waals surface area contributed by atoms with Crippen molar-refractivity contribution in [1.82, 2.24) is 0 Å². The Balaban J connectivity index is 1.64. The smallest absolute Gasteiger partial charge is 0.373 e. The van der Waals surface area contributed by atoms with Gasteiger partial charge in [0.2, 0.25) is 11.7 Å². The highest BCUT2D eigenvalue weighted by Crippen LogP contribution is 2.22. The van der Waals surface area contributed by atoms with Crippen molar-refractivity contribution in [2.45, 2.75) is 19.4 Å². The van der Waals surface area contributed by atoms with Crippen LogP contribution in [0.15, 0.2) is 40.8 Å². The van der Waals surface area contributed by atoms with Crippen LogP contribution in [0.4, 0.5) is 5.69 Å². The zero-order valence-electron chi connectivity index (χ0n) is 13.7. The second-order valence-corrected chi connectivity index (χ2v) is 5.53. The van der Waals surface area contributed by atoms with Crippen LogP contribution in [-0.2, 0) is 20.9 Å². The molecule has 1 fully saturated rings. The second kappa shape index (κ2) is 7.21. The lowest BCUT2D eigenvalue weighted by Crippen LogP contribution is -2.23. The standard InChI is InChI=1S/C18H17NO6/c1-23-18(22)15-8-7-14(25-15)11-24-17(21)12-4-2-5-13(10-12)19-9-3-6-16(19)20/h2,4-5,7-8,10H,3,6,9,11H2,1H3. The largest absolute Gasteiger partial charge is 0.463 e. The Morgan fingerprint density at radius 1 is 1.20 bits per heavy atom. The SMILES string of the molecule is COC(=O)c1ccc(COC(=O)c2cccc(N3CCCC3=O)c2)o1. The van der Waals surface area contributed by atoms with Crippen LogP contribution in [0.25, 0.3) is 0 Å². The summed E-state index contributed by atoms with van der Waals surface area (Å²) in [5.41, 5.74) is 1.03. The van der Waals surface area contributed by atoms with E-state index in [1.165, 1.54) is 13.2 Å². The fourth-order valence-electron chi connectivity index (χ4n) is 2.61. The molecule has 130 valence electrons. The number of nitrogens with zero attached hydrogens (tertiary/aromatic N) is 1. The van der Waals surface area contributed by atoms with Gasteiger partial charge < -0.3 is 18.8 Å². The summed E-state index contributed by atoms with van der Waals surface area (Å²) in [7, 11) is 1.25. The van der Waals surface area contributed by atoms with Crippen LogP contribution in [-0.4, -0.2) is 31.5 Å². The molecule has 7 nitrogen and oxygen atoms in total. The first-order valence-corrected chi connectivity index (χ1v) is 7.83. The Labute approximate surface area is 144 Å². The fraction of sp³-hybridized carbons (Fsp3) is 0.278. The molecule has 0 bridgehead atoms. The summed E-state index contributed by atoms with van der Waals surface area (Å²) in [6.07, 6.45) is 1.34. The van der Waals surface area contributed by atoms with Gasteiger partial charge >= 0.3 is 11.9 Å². The fourth-order valence-corrected chi connectivity index (χ4v) is 2.61. The van der Waals surface area contributed by atoms with Crippen molar-refractivity contribution >= 4 is 23.5 Å². The number of carbonyl (C=O) groups excluding carboxylic acids is 3. The Morgan fingerprint density at radius 3 is 2.76 bits per heavy atom. The number of hydrogen-bond acceptors (Lipinski definition) is 6. The zero-order valence-corrected chi connectivity index (χ0v) is 13.7. The van der Waals surface area contributed by atoms with E-state index < -0.39 is 11.9 Å². The van der Waals surface area contributed by atoms with Crippen LogP contribution >= 0.6 is 0 Å². The second-order valence-electron chi connectivity index (χ2n) is 5.53. The summed E-state index contributed by atoms with van der Waals surface area (Å²) < 4.78 is 15.0. The maximum atomic E-state index is 12.2. The third-order valence-corrected chi connectivity index (χ3v) is 3.86. The van der Waals surface area contributed by atoms with Gasteiger partial charge in [0.1, 0.15) is 12.4 Å². The first-order chi connectivity index (χ1) is 12.1. The van der Waals surface area contributed by atoms with Crippen LogP contribution in [0, 0.1) is 0 Å². The minimum absolute atomic E-state index is 0.0445. The first-order valence-electron chi connectivity index (χ1n) is 7.83. The molecule has 2 heterocycles. The summed E-state index contributed by atoms with van der Waals surface area (Å²) in [6.45, 7) is 0.544. The third kappa shape index (κ3) is 3.71. The number of benzene rings is 1. The van der Waals surface area contributed by atoms with Crippen molar-refractivity contribution in [2.75, 3.05) is 18.6 Å². The van der Waals surface area contributed by atoms with Crippen LogP contribution in [0.3, 0.4) is 0 Å². The van der Waals surface area contributed by atoms with Gasteiger partial charge in [0.05, 0.1) is 12.7 Å². The normalized spacial score (nSPS) is 13.8. The molecule has 3 rings (SSSR count). The van der Waals surface area contributed by atoms with Crippen LogP contribution < -0.4 is 4.90 Å². The Morgan fingerprint density at radius 2 is 2.04 bits per heavy atom. The highest BCUT2D eigenvalue weighted by Gasteiger charge is 2.22. The summed E-state index contributed by atoms with van der Waals surface area (Å²) in [5, 5.41) is 0. The van der Waals surface area contributed by atoms with E-state index in [2.05, 4.69) is 4.74 Å². The van der Waals surface area contributed by atoms with Crippen molar-refractivity contribution in [1.29, 1.82) is 0 Å². The lowest BCUT2D eigenvalue weighted by Gasteiger charge is -2.16. The molecular formula is C18H17NO6. The number of esters is 2. The number of methoxy groups -OCH3 is 1. The number of anilines is 1. The maximum Gasteiger partial charge on any atom is 0.373 e. The first kappa shape index (κ1) is 16.8. The lowest BCUT2D eigenvalue weighted by molar-refractivity contribution is -0.117. The van der Waals surface area contributed by atoms with E-state index in [-0.39, 0.29) is 18.3 Å². The van der Waals surface area contributed by atoms with Gasteiger partial charge in [-0.1, -0.05) is 6.07 Å². The highest BCUT2D eigenvalue weighted by atomic mass is 16.5. The van der Waals surface area contributed by atoms with Gasteiger partial charge in [-0.3, -0.25) is 4.79 Å². The van der Waals surface area contributed by atoms with Gasteiger partial charge in [0.25, 0.3) is 0 Å². The molecule has 1 aliphatic heterocycles. The number of furan rings is 1. The van der Waals surface area contributed by atoms with Crippen LogP contribution in [0.2, 0.25) is 0 Å². The topological polar surface area (TPSA) is 86.0 Å². The van der Waals surface area contributed by atoms with Crippen molar-refractivity contribution in [3.8, 4) is 0 Å². The van der Waals surface area contributed by atoms with E-state index in [0.717, 1.165) is 6.42 Å².